The minimum Gasteiger partial charge on any atom is -0.351 e. The number of rotatable bonds is 8. The third kappa shape index (κ3) is 5.53. The molecule has 0 saturated heterocycles. The number of halogens is 1. The fourth-order valence-electron chi connectivity index (χ4n) is 3.91. The summed E-state index contributed by atoms with van der Waals surface area (Å²) < 4.78 is 16.3. The topological polar surface area (TPSA) is 90.2 Å². The molecule has 2 amide bonds. The molecule has 3 rings (SSSR count). The minimum absolute atomic E-state index is 0.186. The highest BCUT2D eigenvalue weighted by molar-refractivity contribution is 5.73. The van der Waals surface area contributed by atoms with Gasteiger partial charge in [-0.25, -0.2) is 14.2 Å². The molecule has 32 heavy (non-hydrogen) atoms. The Kier molecular flexibility index (Phi) is 7.30. The lowest BCUT2D eigenvalue weighted by Crippen LogP contribution is -2.48. The molecule has 1 unspecified atom stereocenters. The van der Waals surface area contributed by atoms with E-state index in [9.17, 15) is 9.18 Å². The summed E-state index contributed by atoms with van der Waals surface area (Å²) in [5.74, 6) is 0.656. The van der Waals surface area contributed by atoms with Gasteiger partial charge in [0.2, 0.25) is 0 Å². The number of hydrogen-bond acceptors (Lipinski definition) is 3. The van der Waals surface area contributed by atoms with Gasteiger partial charge in [-0.2, -0.15) is 0 Å². The molecule has 0 aliphatic rings. The fraction of sp³-hybridized carbons (Fsp3) is 0.360. The Morgan fingerprint density at radius 2 is 1.69 bits per heavy atom. The minimum atomic E-state index is -1.38. The molecule has 0 aliphatic heterocycles. The lowest BCUT2D eigenvalue weighted by atomic mass is 9.84. The van der Waals surface area contributed by atoms with Gasteiger partial charge < -0.3 is 20.9 Å². The number of primary amides is 1. The van der Waals surface area contributed by atoms with Crippen molar-refractivity contribution in [3.05, 3.63) is 78.2 Å². The second-order valence-corrected chi connectivity index (χ2v) is 9.06. The van der Waals surface area contributed by atoms with Crippen LogP contribution in [-0.2, 0) is 6.54 Å². The maximum Gasteiger partial charge on any atom is 0.315 e. The molecule has 0 spiro atoms. The Bertz CT molecular complexity index is 1010. The van der Waals surface area contributed by atoms with E-state index < -0.39 is 23.7 Å². The second kappa shape index (κ2) is 9.96. The highest BCUT2D eigenvalue weighted by Gasteiger charge is 2.38. The highest BCUT2D eigenvalue weighted by Crippen LogP contribution is 2.39. The van der Waals surface area contributed by atoms with Crippen molar-refractivity contribution in [3.8, 4) is 11.3 Å². The van der Waals surface area contributed by atoms with Gasteiger partial charge in [-0.05, 0) is 11.0 Å². The molecule has 2 aromatic carbocycles. The molecule has 0 fully saturated rings. The third-order valence-electron chi connectivity index (χ3n) is 5.38. The molecular formula is C25H32FN5O. The zero-order chi connectivity index (χ0) is 23.3. The van der Waals surface area contributed by atoms with Crippen LogP contribution in [0, 0.1) is 5.41 Å². The van der Waals surface area contributed by atoms with E-state index in [4.69, 9.17) is 16.5 Å². The van der Waals surface area contributed by atoms with E-state index in [0.29, 0.717) is 12.4 Å². The lowest BCUT2D eigenvalue weighted by Gasteiger charge is -2.39. The first-order valence-electron chi connectivity index (χ1n) is 10.8. The van der Waals surface area contributed by atoms with Crippen molar-refractivity contribution in [1.29, 1.82) is 0 Å². The molecule has 0 bridgehead atoms. The van der Waals surface area contributed by atoms with E-state index in [1.165, 1.54) is 4.90 Å². The zero-order valence-corrected chi connectivity index (χ0v) is 18.9. The molecule has 0 radical (unpaired) electrons. The van der Waals surface area contributed by atoms with Crippen LogP contribution in [0.1, 0.15) is 38.2 Å². The largest absolute Gasteiger partial charge is 0.351 e. The fourth-order valence-corrected chi connectivity index (χ4v) is 3.91. The maximum atomic E-state index is 14.3. The van der Waals surface area contributed by atoms with Gasteiger partial charge in [-0.15, -0.1) is 0 Å². The van der Waals surface area contributed by atoms with Crippen LogP contribution >= 0.6 is 0 Å². The molecule has 6 nitrogen and oxygen atoms in total. The maximum absolute atomic E-state index is 14.3. The average molecular weight is 438 g/mol. The first-order chi connectivity index (χ1) is 15.2. The van der Waals surface area contributed by atoms with E-state index in [1.54, 1.807) is 0 Å². The normalized spacial score (nSPS) is 13.5. The monoisotopic (exact) mass is 437 g/mol. The number of nitrogens with zero attached hydrogens (tertiary/aromatic N) is 3. The van der Waals surface area contributed by atoms with E-state index in [2.05, 4.69) is 0 Å². The molecule has 2 atom stereocenters. The molecular weight excluding hydrogens is 405 g/mol. The number of hydrogen-bond donors (Lipinski definition) is 2. The number of nitrogens with two attached hydrogens (primary N) is 2. The SMILES string of the molecule is CC(C)(C)[C@H](c1nc(-c2ccccc2)cn1Cc1ccccc1)N(CC(F)CN)C(N)=O. The van der Waals surface area contributed by atoms with Crippen LogP contribution in [0.2, 0.25) is 0 Å². The Labute approximate surface area is 189 Å². The molecule has 3 aromatic rings. The smallest absolute Gasteiger partial charge is 0.315 e. The molecule has 0 aliphatic carbocycles. The average Bonchev–Trinajstić information content (AvgIpc) is 3.16. The van der Waals surface area contributed by atoms with Gasteiger partial charge in [-0.3, -0.25) is 0 Å². The van der Waals surface area contributed by atoms with Crippen molar-refractivity contribution >= 4 is 6.03 Å². The Morgan fingerprint density at radius 3 is 2.22 bits per heavy atom. The summed E-state index contributed by atoms with van der Waals surface area (Å²) in [7, 11) is 0. The van der Waals surface area contributed by atoms with Crippen molar-refractivity contribution in [1.82, 2.24) is 14.5 Å². The number of alkyl halides is 1. The lowest BCUT2D eigenvalue weighted by molar-refractivity contribution is 0.0937. The van der Waals surface area contributed by atoms with Crippen LogP contribution in [0.25, 0.3) is 11.3 Å². The molecule has 1 heterocycles. The molecule has 4 N–H and O–H groups in total. The Hall–Kier alpha value is -3.19. The number of carbonyl (C=O) groups excluding carboxylic acids is 1. The number of benzene rings is 2. The first-order valence-corrected chi connectivity index (χ1v) is 10.8. The van der Waals surface area contributed by atoms with Crippen molar-refractivity contribution in [2.75, 3.05) is 13.1 Å². The standard InChI is InChI=1S/C25H32FN5O/c1-25(2,3)22(31(24(28)32)16-20(26)14-27)23-29-21(19-12-8-5-9-13-19)17-30(23)15-18-10-6-4-7-11-18/h4-13,17,20,22H,14-16,27H2,1-3H3,(H2,28,32)/t20?,22-/m0/s1. The van der Waals surface area contributed by atoms with E-state index in [-0.39, 0.29) is 13.1 Å². The van der Waals surface area contributed by atoms with Crippen molar-refractivity contribution in [3.63, 3.8) is 0 Å². The Morgan fingerprint density at radius 1 is 1.09 bits per heavy atom. The van der Waals surface area contributed by atoms with Crippen LogP contribution in [0.5, 0.6) is 0 Å². The third-order valence-corrected chi connectivity index (χ3v) is 5.38. The van der Waals surface area contributed by atoms with Gasteiger partial charge in [0.25, 0.3) is 0 Å². The molecule has 7 heteroatoms. The number of imidazole rings is 1. The van der Waals surface area contributed by atoms with E-state index in [1.807, 2.05) is 92.2 Å². The summed E-state index contributed by atoms with van der Waals surface area (Å²) in [6.45, 7) is 6.17. The second-order valence-electron chi connectivity index (χ2n) is 9.06. The predicted molar refractivity (Wildman–Crippen MR) is 126 cm³/mol. The van der Waals surface area contributed by atoms with Gasteiger partial charge in [0.1, 0.15) is 12.0 Å². The van der Waals surface area contributed by atoms with Gasteiger partial charge >= 0.3 is 6.03 Å². The molecule has 0 saturated carbocycles. The highest BCUT2D eigenvalue weighted by atomic mass is 19.1. The van der Waals surface area contributed by atoms with Crippen LogP contribution in [0.4, 0.5) is 9.18 Å². The summed E-state index contributed by atoms with van der Waals surface area (Å²) in [6.07, 6.45) is 0.601. The van der Waals surface area contributed by atoms with Crippen molar-refractivity contribution in [2.24, 2.45) is 16.9 Å². The van der Waals surface area contributed by atoms with E-state index >= 15 is 0 Å². The number of urea groups is 1. The number of amides is 2. The Balaban J connectivity index is 2.15. The quantitative estimate of drug-likeness (QED) is 0.548. The molecule has 170 valence electrons. The van der Waals surface area contributed by atoms with Crippen LogP contribution < -0.4 is 11.5 Å². The van der Waals surface area contributed by atoms with Gasteiger partial charge in [-0.1, -0.05) is 81.4 Å². The van der Waals surface area contributed by atoms with Crippen LogP contribution in [0.15, 0.2) is 66.9 Å². The molecule has 1 aromatic heterocycles. The summed E-state index contributed by atoms with van der Waals surface area (Å²) >= 11 is 0. The van der Waals surface area contributed by atoms with Crippen molar-refractivity contribution < 1.29 is 9.18 Å². The first kappa shape index (κ1) is 23.5. The van der Waals surface area contributed by atoms with Gasteiger partial charge in [0, 0.05) is 24.8 Å². The van der Waals surface area contributed by atoms with Crippen LogP contribution in [0.3, 0.4) is 0 Å². The van der Waals surface area contributed by atoms with Crippen LogP contribution in [-0.4, -0.2) is 39.7 Å². The summed E-state index contributed by atoms with van der Waals surface area (Å²) in [5, 5.41) is 0. The van der Waals surface area contributed by atoms with Crippen molar-refractivity contribution in [2.45, 2.75) is 39.5 Å². The van der Waals surface area contributed by atoms with E-state index in [0.717, 1.165) is 16.8 Å². The summed E-state index contributed by atoms with van der Waals surface area (Å²) in [5.41, 5.74) is 13.6. The van der Waals surface area contributed by atoms with Gasteiger partial charge in [0.05, 0.1) is 18.3 Å². The number of aromatic nitrogens is 2. The van der Waals surface area contributed by atoms with Gasteiger partial charge in [0.15, 0.2) is 0 Å². The zero-order valence-electron chi connectivity index (χ0n) is 18.9. The predicted octanol–water partition coefficient (Wildman–Crippen LogP) is 4.36. The summed E-state index contributed by atoms with van der Waals surface area (Å²) in [4.78, 5) is 18.8. The summed E-state index contributed by atoms with van der Waals surface area (Å²) in [6, 6.07) is 18.6. The number of carbonyl (C=O) groups is 1.